The Labute approximate surface area is 79.6 Å². The molecule has 0 spiro atoms. The van der Waals surface area contributed by atoms with E-state index < -0.39 is 0 Å². The van der Waals surface area contributed by atoms with Crippen LogP contribution in [0.4, 0.5) is 0 Å². The van der Waals surface area contributed by atoms with Gasteiger partial charge in [-0.25, -0.2) is 0 Å². The van der Waals surface area contributed by atoms with Crippen LogP contribution in [0.3, 0.4) is 0 Å². The molecule has 0 aliphatic heterocycles. The van der Waals surface area contributed by atoms with Gasteiger partial charge in [-0.3, -0.25) is 0 Å². The zero-order valence-corrected chi connectivity index (χ0v) is 8.38. The molecule has 13 heavy (non-hydrogen) atoms. The highest BCUT2D eigenvalue weighted by Crippen LogP contribution is 2.25. The van der Waals surface area contributed by atoms with E-state index >= 15 is 0 Å². The van der Waals surface area contributed by atoms with Crippen LogP contribution in [-0.4, -0.2) is 26.4 Å². The van der Waals surface area contributed by atoms with Gasteiger partial charge < -0.3 is 5.73 Å². The molecule has 70 valence electrons. The third kappa shape index (κ3) is 1.31. The van der Waals surface area contributed by atoms with Crippen molar-refractivity contribution in [1.82, 2.24) is 19.8 Å². The van der Waals surface area contributed by atoms with Crippen LogP contribution in [-0.2, 0) is 5.41 Å². The molecular weight excluding hydrogens is 186 g/mol. The Kier molecular flexibility index (Phi) is 1.81. The Morgan fingerprint density at radius 2 is 2.38 bits per heavy atom. The van der Waals surface area contributed by atoms with Gasteiger partial charge in [-0.2, -0.15) is 9.61 Å². The monoisotopic (exact) mass is 197 g/mol. The SMILES string of the molecule is CC(C)(CN)c1nn2cnnc2s1. The van der Waals surface area contributed by atoms with Crippen LogP contribution in [0.1, 0.15) is 18.9 Å². The molecule has 0 aromatic carbocycles. The first kappa shape index (κ1) is 8.58. The van der Waals surface area contributed by atoms with E-state index in [1.54, 1.807) is 10.8 Å². The zero-order valence-electron chi connectivity index (χ0n) is 7.56. The molecule has 2 rings (SSSR count). The number of hydrogen-bond acceptors (Lipinski definition) is 5. The van der Waals surface area contributed by atoms with Crippen LogP contribution in [0.5, 0.6) is 0 Å². The normalized spacial score (nSPS) is 12.5. The molecule has 0 saturated heterocycles. The van der Waals surface area contributed by atoms with Gasteiger partial charge in [0.1, 0.15) is 11.3 Å². The standard InChI is InChI=1S/C7H11N5S/c1-7(2,3-8)5-11-12-4-9-10-6(12)13-5/h4H,3,8H2,1-2H3. The smallest absolute Gasteiger partial charge is 0.234 e. The Morgan fingerprint density at radius 3 is 3.00 bits per heavy atom. The van der Waals surface area contributed by atoms with Gasteiger partial charge in [-0.1, -0.05) is 25.2 Å². The van der Waals surface area contributed by atoms with E-state index in [-0.39, 0.29) is 5.41 Å². The number of aromatic nitrogens is 4. The van der Waals surface area contributed by atoms with Crippen LogP contribution in [0.2, 0.25) is 0 Å². The average Bonchev–Trinajstić information content (AvgIpc) is 2.61. The molecule has 2 heterocycles. The molecule has 0 atom stereocenters. The van der Waals surface area contributed by atoms with Crippen molar-refractivity contribution in [3.8, 4) is 0 Å². The highest BCUT2D eigenvalue weighted by Gasteiger charge is 2.23. The summed E-state index contributed by atoms with van der Waals surface area (Å²) in [7, 11) is 0. The van der Waals surface area contributed by atoms with Gasteiger partial charge in [-0.05, 0) is 0 Å². The molecule has 0 bridgehead atoms. The van der Waals surface area contributed by atoms with Crippen molar-refractivity contribution in [3.05, 3.63) is 11.3 Å². The van der Waals surface area contributed by atoms with Crippen molar-refractivity contribution < 1.29 is 0 Å². The summed E-state index contributed by atoms with van der Waals surface area (Å²) in [5.41, 5.74) is 5.57. The maximum Gasteiger partial charge on any atom is 0.234 e. The Bertz CT molecular complexity index is 387. The molecule has 6 heteroatoms. The van der Waals surface area contributed by atoms with E-state index in [1.807, 2.05) is 0 Å². The summed E-state index contributed by atoms with van der Waals surface area (Å²) in [6, 6.07) is 0. The zero-order chi connectivity index (χ0) is 9.47. The maximum absolute atomic E-state index is 5.65. The summed E-state index contributed by atoms with van der Waals surface area (Å²) < 4.78 is 1.68. The maximum atomic E-state index is 5.65. The topological polar surface area (TPSA) is 69.1 Å². The number of rotatable bonds is 2. The van der Waals surface area contributed by atoms with Crippen molar-refractivity contribution in [3.63, 3.8) is 0 Å². The summed E-state index contributed by atoms with van der Waals surface area (Å²) in [5, 5.41) is 13.0. The minimum absolute atomic E-state index is 0.0780. The number of nitrogens with two attached hydrogens (primary N) is 1. The van der Waals surface area contributed by atoms with Crippen molar-refractivity contribution in [2.45, 2.75) is 19.3 Å². The van der Waals surface area contributed by atoms with E-state index in [0.717, 1.165) is 9.97 Å². The van der Waals surface area contributed by atoms with E-state index in [0.29, 0.717) is 6.54 Å². The molecular formula is C7H11N5S. The number of hydrogen-bond donors (Lipinski definition) is 1. The lowest BCUT2D eigenvalue weighted by molar-refractivity contribution is 0.527. The van der Waals surface area contributed by atoms with E-state index in [2.05, 4.69) is 29.1 Å². The quantitative estimate of drug-likeness (QED) is 0.757. The second-order valence-electron chi connectivity index (χ2n) is 3.55. The van der Waals surface area contributed by atoms with Gasteiger partial charge in [-0.15, -0.1) is 10.2 Å². The first-order valence-electron chi connectivity index (χ1n) is 4.01. The Balaban J connectivity index is 2.50. The predicted molar refractivity (Wildman–Crippen MR) is 50.7 cm³/mol. The molecule has 0 radical (unpaired) electrons. The molecule has 0 fully saturated rings. The molecule has 0 aliphatic rings. The Morgan fingerprint density at radius 1 is 1.62 bits per heavy atom. The van der Waals surface area contributed by atoms with Gasteiger partial charge in [0.05, 0.1) is 0 Å². The lowest BCUT2D eigenvalue weighted by atomic mass is 9.95. The molecule has 0 saturated carbocycles. The van der Waals surface area contributed by atoms with Crippen molar-refractivity contribution in [2.75, 3.05) is 6.54 Å². The first-order valence-corrected chi connectivity index (χ1v) is 4.82. The van der Waals surface area contributed by atoms with Crippen molar-refractivity contribution in [2.24, 2.45) is 5.73 Å². The molecule has 2 aromatic heterocycles. The highest BCUT2D eigenvalue weighted by molar-refractivity contribution is 7.16. The summed E-state index contributed by atoms with van der Waals surface area (Å²) in [6.07, 6.45) is 1.60. The molecule has 0 aliphatic carbocycles. The third-order valence-electron chi connectivity index (χ3n) is 1.98. The second kappa shape index (κ2) is 2.74. The Hall–Kier alpha value is -1.01. The van der Waals surface area contributed by atoms with E-state index in [1.165, 1.54) is 11.3 Å². The fourth-order valence-corrected chi connectivity index (χ4v) is 1.85. The third-order valence-corrected chi connectivity index (χ3v) is 3.25. The molecule has 0 amide bonds. The predicted octanol–water partition coefficient (Wildman–Crippen LogP) is 0.422. The van der Waals surface area contributed by atoms with Gasteiger partial charge in [0.2, 0.25) is 4.96 Å². The number of nitrogens with zero attached hydrogens (tertiary/aromatic N) is 4. The van der Waals surface area contributed by atoms with Crippen LogP contribution < -0.4 is 5.73 Å². The first-order chi connectivity index (χ1) is 6.13. The van der Waals surface area contributed by atoms with Crippen LogP contribution in [0.15, 0.2) is 6.33 Å². The van der Waals surface area contributed by atoms with Gasteiger partial charge in [0.15, 0.2) is 0 Å². The molecule has 2 aromatic rings. The lowest BCUT2D eigenvalue weighted by Crippen LogP contribution is -2.28. The van der Waals surface area contributed by atoms with Crippen molar-refractivity contribution >= 4 is 16.3 Å². The molecule has 5 nitrogen and oxygen atoms in total. The molecule has 2 N–H and O–H groups in total. The number of fused-ring (bicyclic) bond motifs is 1. The van der Waals surface area contributed by atoms with Gasteiger partial charge in [0.25, 0.3) is 0 Å². The fourth-order valence-electron chi connectivity index (χ4n) is 0.921. The van der Waals surface area contributed by atoms with Crippen LogP contribution in [0.25, 0.3) is 4.96 Å². The molecule has 0 unspecified atom stereocenters. The van der Waals surface area contributed by atoms with Gasteiger partial charge >= 0.3 is 0 Å². The lowest BCUT2D eigenvalue weighted by Gasteiger charge is -2.17. The summed E-state index contributed by atoms with van der Waals surface area (Å²) in [5.74, 6) is 0. The minimum Gasteiger partial charge on any atom is -0.330 e. The van der Waals surface area contributed by atoms with E-state index in [4.69, 9.17) is 5.73 Å². The second-order valence-corrected chi connectivity index (χ2v) is 4.51. The summed E-state index contributed by atoms with van der Waals surface area (Å²) >= 11 is 1.53. The summed E-state index contributed by atoms with van der Waals surface area (Å²) in [4.78, 5) is 0.816. The highest BCUT2D eigenvalue weighted by atomic mass is 32.1. The van der Waals surface area contributed by atoms with Crippen LogP contribution >= 0.6 is 11.3 Å². The van der Waals surface area contributed by atoms with Crippen LogP contribution in [0, 0.1) is 0 Å². The average molecular weight is 197 g/mol. The largest absolute Gasteiger partial charge is 0.330 e. The van der Waals surface area contributed by atoms with E-state index in [9.17, 15) is 0 Å². The fraction of sp³-hybridized carbons (Fsp3) is 0.571. The summed E-state index contributed by atoms with van der Waals surface area (Å²) in [6.45, 7) is 4.72. The van der Waals surface area contributed by atoms with Crippen molar-refractivity contribution in [1.29, 1.82) is 0 Å². The minimum atomic E-state index is -0.0780. The van der Waals surface area contributed by atoms with Gasteiger partial charge in [0, 0.05) is 12.0 Å².